The third-order valence-corrected chi connectivity index (χ3v) is 2.84. The van der Waals surface area contributed by atoms with Crippen molar-refractivity contribution in [2.24, 2.45) is 0 Å². The predicted octanol–water partition coefficient (Wildman–Crippen LogP) is 3.25. The van der Waals surface area contributed by atoms with E-state index in [4.69, 9.17) is 33.0 Å². The smallest absolute Gasteiger partial charge is 0.156 e. The van der Waals surface area contributed by atoms with Gasteiger partial charge in [0, 0.05) is 13.1 Å². The molecular weight excluding hydrogens is 273 g/mol. The van der Waals surface area contributed by atoms with E-state index in [1.165, 1.54) is 0 Å². The van der Waals surface area contributed by atoms with Gasteiger partial charge in [-0.05, 0) is 31.0 Å². The van der Waals surface area contributed by atoms with Crippen molar-refractivity contribution >= 4 is 23.2 Å². The first-order valence-corrected chi connectivity index (χ1v) is 6.79. The van der Waals surface area contributed by atoms with Crippen molar-refractivity contribution in [2.45, 2.75) is 32.9 Å². The average Bonchev–Trinajstić information content (AvgIpc) is 2.27. The minimum atomic E-state index is -0.372. The lowest BCUT2D eigenvalue weighted by molar-refractivity contribution is 0.191. The molecule has 1 aromatic rings. The van der Waals surface area contributed by atoms with E-state index in [0.29, 0.717) is 35.5 Å². The van der Waals surface area contributed by atoms with Crippen LogP contribution in [-0.2, 0) is 6.54 Å². The van der Waals surface area contributed by atoms with Crippen molar-refractivity contribution < 1.29 is 9.84 Å². The lowest BCUT2D eigenvalue weighted by Gasteiger charge is -2.12. The van der Waals surface area contributed by atoms with Crippen LogP contribution in [0.25, 0.3) is 0 Å². The number of hydrogen-bond acceptors (Lipinski definition) is 3. The average molecular weight is 292 g/mol. The highest BCUT2D eigenvalue weighted by atomic mass is 35.5. The van der Waals surface area contributed by atoms with Gasteiger partial charge in [0.25, 0.3) is 0 Å². The summed E-state index contributed by atoms with van der Waals surface area (Å²) < 4.78 is 5.49. The number of ether oxygens (including phenoxy) is 1. The molecule has 0 unspecified atom stereocenters. The van der Waals surface area contributed by atoms with Gasteiger partial charge >= 0.3 is 0 Å². The zero-order valence-corrected chi connectivity index (χ0v) is 12.2. The molecule has 0 aliphatic heterocycles. The molecule has 5 heteroatoms. The Morgan fingerprint density at radius 1 is 1.33 bits per heavy atom. The Morgan fingerprint density at radius 2 is 1.94 bits per heavy atom. The van der Waals surface area contributed by atoms with E-state index >= 15 is 0 Å². The van der Waals surface area contributed by atoms with E-state index < -0.39 is 0 Å². The van der Waals surface area contributed by atoms with Crippen LogP contribution in [0.4, 0.5) is 0 Å². The highest BCUT2D eigenvalue weighted by Crippen LogP contribution is 2.34. The highest BCUT2D eigenvalue weighted by molar-refractivity contribution is 6.37. The van der Waals surface area contributed by atoms with Gasteiger partial charge in [-0.15, -0.1) is 0 Å². The molecule has 18 heavy (non-hydrogen) atoms. The van der Waals surface area contributed by atoms with Crippen molar-refractivity contribution in [1.82, 2.24) is 5.32 Å². The minimum absolute atomic E-state index is 0.372. The second kappa shape index (κ2) is 7.85. The molecule has 0 aliphatic rings. The minimum Gasteiger partial charge on any atom is -0.490 e. The molecule has 102 valence electrons. The van der Waals surface area contributed by atoms with E-state index in [1.807, 2.05) is 19.1 Å². The number of halogens is 2. The fourth-order valence-corrected chi connectivity index (χ4v) is 2.12. The van der Waals surface area contributed by atoms with Gasteiger partial charge in [0.15, 0.2) is 5.75 Å². The SMILES string of the molecule is CCCOc1c(Cl)cc(CNC[C@H](C)O)cc1Cl. The van der Waals surface area contributed by atoms with Gasteiger partial charge in [-0.25, -0.2) is 0 Å². The zero-order chi connectivity index (χ0) is 13.5. The van der Waals surface area contributed by atoms with Crippen LogP contribution in [-0.4, -0.2) is 24.4 Å². The maximum atomic E-state index is 9.15. The lowest BCUT2D eigenvalue weighted by atomic mass is 10.2. The van der Waals surface area contributed by atoms with Crippen LogP contribution >= 0.6 is 23.2 Å². The predicted molar refractivity (Wildman–Crippen MR) is 75.6 cm³/mol. The maximum absolute atomic E-state index is 9.15. The summed E-state index contributed by atoms with van der Waals surface area (Å²) in [5, 5.41) is 13.3. The fraction of sp³-hybridized carbons (Fsp3) is 0.538. The summed E-state index contributed by atoms with van der Waals surface area (Å²) in [5.74, 6) is 0.541. The van der Waals surface area contributed by atoms with E-state index in [1.54, 1.807) is 6.92 Å². The zero-order valence-electron chi connectivity index (χ0n) is 10.7. The number of hydrogen-bond donors (Lipinski definition) is 2. The number of rotatable bonds is 7. The number of benzene rings is 1. The molecule has 1 rings (SSSR count). The van der Waals surface area contributed by atoms with Crippen LogP contribution in [0, 0.1) is 0 Å². The molecule has 0 saturated heterocycles. The van der Waals surface area contributed by atoms with Gasteiger partial charge < -0.3 is 15.2 Å². The first-order valence-electron chi connectivity index (χ1n) is 6.04. The molecule has 0 spiro atoms. The molecule has 2 N–H and O–H groups in total. The molecule has 0 aliphatic carbocycles. The molecule has 0 amide bonds. The van der Waals surface area contributed by atoms with Gasteiger partial charge in [-0.3, -0.25) is 0 Å². The summed E-state index contributed by atoms with van der Waals surface area (Å²) in [4.78, 5) is 0. The molecule has 0 fully saturated rings. The van der Waals surface area contributed by atoms with E-state index in [2.05, 4.69) is 5.32 Å². The Hall–Kier alpha value is -0.480. The number of aliphatic hydroxyl groups excluding tert-OH is 1. The Labute approximate surface area is 118 Å². The number of aliphatic hydroxyl groups is 1. The van der Waals surface area contributed by atoms with E-state index in [-0.39, 0.29) is 6.10 Å². The summed E-state index contributed by atoms with van der Waals surface area (Å²) >= 11 is 12.3. The first-order chi connectivity index (χ1) is 8.54. The summed E-state index contributed by atoms with van der Waals surface area (Å²) in [6, 6.07) is 3.65. The van der Waals surface area contributed by atoms with Crippen molar-refractivity contribution in [1.29, 1.82) is 0 Å². The molecule has 0 heterocycles. The topological polar surface area (TPSA) is 41.5 Å². The Kier molecular flexibility index (Phi) is 6.79. The van der Waals surface area contributed by atoms with Crippen molar-refractivity contribution in [3.05, 3.63) is 27.7 Å². The van der Waals surface area contributed by atoms with E-state index in [9.17, 15) is 0 Å². The second-order valence-corrected chi connectivity index (χ2v) is 5.03. The molecule has 0 radical (unpaired) electrons. The van der Waals surface area contributed by atoms with E-state index in [0.717, 1.165) is 12.0 Å². The summed E-state index contributed by atoms with van der Waals surface area (Å²) in [6.07, 6.45) is 0.535. The van der Waals surface area contributed by atoms with Crippen LogP contribution in [0.15, 0.2) is 12.1 Å². The first kappa shape index (κ1) is 15.6. The standard InChI is InChI=1S/C13H19Cl2NO2/c1-3-4-18-13-11(14)5-10(6-12(13)15)8-16-7-9(2)17/h5-6,9,16-17H,3-4,7-8H2,1-2H3/t9-/m0/s1. The molecule has 0 aromatic heterocycles. The van der Waals surface area contributed by atoms with Crippen LogP contribution < -0.4 is 10.1 Å². The molecule has 0 bridgehead atoms. The van der Waals surface area contributed by atoms with Crippen LogP contribution in [0.2, 0.25) is 10.0 Å². The third-order valence-electron chi connectivity index (χ3n) is 2.28. The lowest BCUT2D eigenvalue weighted by Crippen LogP contribution is -2.23. The van der Waals surface area contributed by atoms with Crippen LogP contribution in [0.1, 0.15) is 25.8 Å². The van der Waals surface area contributed by atoms with Crippen LogP contribution in [0.3, 0.4) is 0 Å². The third kappa shape index (κ3) is 5.02. The van der Waals surface area contributed by atoms with Crippen molar-refractivity contribution in [3.63, 3.8) is 0 Å². The molecule has 0 saturated carbocycles. The summed E-state index contributed by atoms with van der Waals surface area (Å²) in [7, 11) is 0. The molecule has 1 atom stereocenters. The highest BCUT2D eigenvalue weighted by Gasteiger charge is 2.09. The normalized spacial score (nSPS) is 12.5. The quantitative estimate of drug-likeness (QED) is 0.810. The monoisotopic (exact) mass is 291 g/mol. The molecule has 3 nitrogen and oxygen atoms in total. The van der Waals surface area contributed by atoms with Gasteiger partial charge in [0.05, 0.1) is 22.8 Å². The van der Waals surface area contributed by atoms with Gasteiger partial charge in [-0.2, -0.15) is 0 Å². The second-order valence-electron chi connectivity index (χ2n) is 4.22. The van der Waals surface area contributed by atoms with Crippen LogP contribution in [0.5, 0.6) is 5.75 Å². The Balaban J connectivity index is 2.67. The van der Waals surface area contributed by atoms with Gasteiger partial charge in [0.1, 0.15) is 0 Å². The largest absolute Gasteiger partial charge is 0.490 e. The fourth-order valence-electron chi connectivity index (χ4n) is 1.48. The maximum Gasteiger partial charge on any atom is 0.156 e. The molecular formula is C13H19Cl2NO2. The Bertz CT molecular complexity index is 360. The van der Waals surface area contributed by atoms with Gasteiger partial charge in [-0.1, -0.05) is 30.1 Å². The molecule has 1 aromatic carbocycles. The summed E-state index contributed by atoms with van der Waals surface area (Å²) in [5.41, 5.74) is 0.967. The van der Waals surface area contributed by atoms with Gasteiger partial charge in [0.2, 0.25) is 0 Å². The van der Waals surface area contributed by atoms with Crippen molar-refractivity contribution in [2.75, 3.05) is 13.2 Å². The van der Waals surface area contributed by atoms with Crippen molar-refractivity contribution in [3.8, 4) is 5.75 Å². The number of nitrogens with one attached hydrogen (secondary N) is 1. The Morgan fingerprint density at radius 3 is 2.44 bits per heavy atom. The summed E-state index contributed by atoms with van der Waals surface area (Å²) in [6.45, 7) is 5.49.